The number of aromatic amines is 1. The van der Waals surface area contributed by atoms with Gasteiger partial charge in [0.2, 0.25) is 0 Å². The van der Waals surface area contributed by atoms with E-state index in [1.54, 1.807) is 6.33 Å². The lowest BCUT2D eigenvalue weighted by atomic mass is 9.95. The maximum atomic E-state index is 4.20. The fraction of sp³-hybridized carbons (Fsp3) is 0.846. The van der Waals surface area contributed by atoms with Crippen molar-refractivity contribution in [3.63, 3.8) is 0 Å². The molecule has 4 heteroatoms. The van der Waals surface area contributed by atoms with Crippen LogP contribution < -0.4 is 5.32 Å². The molecule has 0 saturated heterocycles. The van der Waals surface area contributed by atoms with Crippen LogP contribution in [-0.4, -0.2) is 21.2 Å². The van der Waals surface area contributed by atoms with Gasteiger partial charge in [0.25, 0.3) is 0 Å². The highest BCUT2D eigenvalue weighted by molar-refractivity contribution is 4.90. The molecule has 17 heavy (non-hydrogen) atoms. The summed E-state index contributed by atoms with van der Waals surface area (Å²) in [4.78, 5) is 4.20. The number of H-pyrrole nitrogens is 1. The van der Waals surface area contributed by atoms with Gasteiger partial charge in [0.15, 0.2) is 0 Å². The molecular formula is C13H26N4. The Morgan fingerprint density at radius 2 is 1.71 bits per heavy atom. The van der Waals surface area contributed by atoms with Crippen LogP contribution in [0, 0.1) is 11.8 Å². The van der Waals surface area contributed by atoms with Gasteiger partial charge in [-0.05, 0) is 31.6 Å². The lowest BCUT2D eigenvalue weighted by Crippen LogP contribution is -2.34. The fourth-order valence-electron chi connectivity index (χ4n) is 2.23. The van der Waals surface area contributed by atoms with Crippen molar-refractivity contribution in [3.8, 4) is 0 Å². The first kappa shape index (κ1) is 14.2. The second-order valence-electron chi connectivity index (χ2n) is 5.72. The van der Waals surface area contributed by atoms with Crippen LogP contribution in [0.25, 0.3) is 0 Å². The third-order valence-electron chi connectivity index (χ3n) is 2.84. The van der Waals surface area contributed by atoms with Crippen molar-refractivity contribution in [1.29, 1.82) is 0 Å². The highest BCUT2D eigenvalue weighted by Gasteiger charge is 2.17. The van der Waals surface area contributed by atoms with Crippen LogP contribution >= 0.6 is 0 Å². The molecule has 0 bridgehead atoms. The summed E-state index contributed by atoms with van der Waals surface area (Å²) in [7, 11) is 0. The summed E-state index contributed by atoms with van der Waals surface area (Å²) >= 11 is 0. The second-order valence-corrected chi connectivity index (χ2v) is 5.72. The molecule has 0 radical (unpaired) electrons. The van der Waals surface area contributed by atoms with E-state index in [2.05, 4.69) is 55.1 Å². The first-order valence-electron chi connectivity index (χ1n) is 6.60. The Morgan fingerprint density at radius 3 is 2.12 bits per heavy atom. The Labute approximate surface area is 105 Å². The van der Waals surface area contributed by atoms with Gasteiger partial charge >= 0.3 is 0 Å². The van der Waals surface area contributed by atoms with E-state index in [0.29, 0.717) is 17.9 Å². The molecule has 0 aliphatic heterocycles. The molecule has 1 aromatic heterocycles. The van der Waals surface area contributed by atoms with E-state index >= 15 is 0 Å². The molecule has 0 aromatic carbocycles. The van der Waals surface area contributed by atoms with E-state index in [9.17, 15) is 0 Å². The van der Waals surface area contributed by atoms with Crippen molar-refractivity contribution in [2.24, 2.45) is 11.8 Å². The molecule has 0 fully saturated rings. The molecule has 1 rings (SSSR count). The van der Waals surface area contributed by atoms with Gasteiger partial charge in [-0.15, -0.1) is 0 Å². The normalized spacial score (nSPS) is 13.9. The molecule has 4 nitrogen and oxygen atoms in total. The van der Waals surface area contributed by atoms with Crippen LogP contribution in [0.1, 0.15) is 59.3 Å². The highest BCUT2D eigenvalue weighted by atomic mass is 15.2. The van der Waals surface area contributed by atoms with Crippen LogP contribution in [-0.2, 0) is 0 Å². The molecule has 98 valence electrons. The van der Waals surface area contributed by atoms with Crippen LogP contribution in [0.2, 0.25) is 0 Å². The lowest BCUT2D eigenvalue weighted by molar-refractivity contribution is 0.331. The standard InChI is InChI=1S/C13H26N4/c1-9(2)6-12(7-10(3)4)16-11(5)13-14-8-15-17-13/h8-12,16H,6-7H2,1-5H3,(H,14,15,17). The van der Waals surface area contributed by atoms with Gasteiger partial charge in [0.1, 0.15) is 12.2 Å². The first-order valence-corrected chi connectivity index (χ1v) is 6.60. The van der Waals surface area contributed by atoms with Crippen molar-refractivity contribution in [2.75, 3.05) is 0 Å². The molecule has 2 N–H and O–H groups in total. The maximum absolute atomic E-state index is 4.20. The summed E-state index contributed by atoms with van der Waals surface area (Å²) in [6, 6.07) is 0.787. The topological polar surface area (TPSA) is 53.6 Å². The third-order valence-corrected chi connectivity index (χ3v) is 2.84. The van der Waals surface area contributed by atoms with Crippen LogP contribution in [0.5, 0.6) is 0 Å². The molecule has 1 unspecified atom stereocenters. The number of hydrogen-bond donors (Lipinski definition) is 2. The highest BCUT2D eigenvalue weighted by Crippen LogP contribution is 2.17. The van der Waals surface area contributed by atoms with E-state index in [4.69, 9.17) is 0 Å². The molecule has 0 spiro atoms. The number of rotatable bonds is 7. The number of hydrogen-bond acceptors (Lipinski definition) is 3. The van der Waals surface area contributed by atoms with Crippen molar-refractivity contribution in [3.05, 3.63) is 12.2 Å². The summed E-state index contributed by atoms with van der Waals surface area (Å²) < 4.78 is 0. The monoisotopic (exact) mass is 238 g/mol. The molecule has 1 atom stereocenters. The van der Waals surface area contributed by atoms with Gasteiger partial charge in [-0.25, -0.2) is 4.98 Å². The quantitative estimate of drug-likeness (QED) is 0.768. The van der Waals surface area contributed by atoms with Gasteiger partial charge in [0.05, 0.1) is 6.04 Å². The van der Waals surface area contributed by atoms with Gasteiger partial charge in [-0.2, -0.15) is 5.10 Å². The Kier molecular flexibility index (Phi) is 5.62. The van der Waals surface area contributed by atoms with Gasteiger partial charge in [-0.1, -0.05) is 27.7 Å². The largest absolute Gasteiger partial charge is 0.305 e. The van der Waals surface area contributed by atoms with Crippen LogP contribution in [0.4, 0.5) is 0 Å². The Balaban J connectivity index is 2.52. The summed E-state index contributed by atoms with van der Waals surface area (Å²) in [5, 5.41) is 10.5. The van der Waals surface area contributed by atoms with E-state index < -0.39 is 0 Å². The molecule has 1 aromatic rings. The molecule has 0 aliphatic carbocycles. The van der Waals surface area contributed by atoms with Gasteiger partial charge in [-0.3, -0.25) is 5.10 Å². The smallest absolute Gasteiger partial charge is 0.141 e. The summed E-state index contributed by atoms with van der Waals surface area (Å²) in [5.74, 6) is 2.35. The molecule has 0 aliphatic rings. The predicted molar refractivity (Wildman–Crippen MR) is 70.6 cm³/mol. The summed E-state index contributed by atoms with van der Waals surface area (Å²) in [6.07, 6.45) is 3.97. The molecular weight excluding hydrogens is 212 g/mol. The predicted octanol–water partition coefficient (Wildman–Crippen LogP) is 2.92. The molecule has 0 amide bonds. The summed E-state index contributed by atoms with van der Waals surface area (Å²) in [5.41, 5.74) is 0. The van der Waals surface area contributed by atoms with Crippen molar-refractivity contribution < 1.29 is 0 Å². The summed E-state index contributed by atoms with van der Waals surface area (Å²) in [6.45, 7) is 11.2. The van der Waals surface area contributed by atoms with Crippen molar-refractivity contribution in [1.82, 2.24) is 20.5 Å². The Morgan fingerprint density at radius 1 is 1.12 bits per heavy atom. The van der Waals surface area contributed by atoms with Gasteiger partial charge < -0.3 is 5.32 Å². The van der Waals surface area contributed by atoms with E-state index in [1.165, 1.54) is 12.8 Å². The molecule has 0 saturated carbocycles. The Bertz CT molecular complexity index is 282. The average molecular weight is 238 g/mol. The Hall–Kier alpha value is -0.900. The lowest BCUT2D eigenvalue weighted by Gasteiger charge is -2.25. The van der Waals surface area contributed by atoms with Crippen LogP contribution in [0.15, 0.2) is 6.33 Å². The average Bonchev–Trinajstić information content (AvgIpc) is 2.67. The van der Waals surface area contributed by atoms with E-state index in [1.807, 2.05) is 0 Å². The fourth-order valence-corrected chi connectivity index (χ4v) is 2.23. The zero-order valence-electron chi connectivity index (χ0n) is 11.7. The minimum absolute atomic E-state index is 0.236. The minimum atomic E-state index is 0.236. The first-order chi connectivity index (χ1) is 7.99. The second kappa shape index (κ2) is 6.74. The SMILES string of the molecule is CC(C)CC(CC(C)C)NC(C)c1ncn[nH]1. The minimum Gasteiger partial charge on any atom is -0.305 e. The van der Waals surface area contributed by atoms with Crippen LogP contribution in [0.3, 0.4) is 0 Å². The van der Waals surface area contributed by atoms with Crippen molar-refractivity contribution >= 4 is 0 Å². The van der Waals surface area contributed by atoms with Crippen molar-refractivity contribution in [2.45, 2.75) is 59.5 Å². The molecule has 1 heterocycles. The third kappa shape index (κ3) is 5.31. The van der Waals surface area contributed by atoms with E-state index in [0.717, 1.165) is 5.82 Å². The zero-order valence-corrected chi connectivity index (χ0v) is 11.7. The zero-order chi connectivity index (χ0) is 12.8. The van der Waals surface area contributed by atoms with E-state index in [-0.39, 0.29) is 6.04 Å². The number of nitrogens with one attached hydrogen (secondary N) is 2. The maximum Gasteiger partial charge on any atom is 0.141 e. The number of nitrogens with zero attached hydrogens (tertiary/aromatic N) is 2. The van der Waals surface area contributed by atoms with Gasteiger partial charge in [0, 0.05) is 6.04 Å². The number of aromatic nitrogens is 3.